The zero-order chi connectivity index (χ0) is 14.1. The predicted molar refractivity (Wildman–Crippen MR) is 80.2 cm³/mol. The highest BCUT2D eigenvalue weighted by atomic mass is 35.5. The van der Waals surface area contributed by atoms with Crippen LogP contribution < -0.4 is 10.6 Å². The number of carbonyl (C=O) groups excluding carboxylic acids is 1. The van der Waals surface area contributed by atoms with Crippen LogP contribution in [0.4, 0.5) is 4.39 Å². The fourth-order valence-electron chi connectivity index (χ4n) is 2.39. The van der Waals surface area contributed by atoms with E-state index < -0.39 is 5.82 Å². The van der Waals surface area contributed by atoms with Gasteiger partial charge in [0, 0.05) is 12.6 Å². The van der Waals surface area contributed by atoms with Gasteiger partial charge in [-0.05, 0) is 36.9 Å². The molecule has 0 saturated carbocycles. The van der Waals surface area contributed by atoms with Crippen LogP contribution in [0.1, 0.15) is 22.5 Å². The Morgan fingerprint density at radius 3 is 3.10 bits per heavy atom. The number of amides is 1. The molecule has 0 spiro atoms. The number of hydrogen-bond acceptors (Lipinski definition) is 3. The molecule has 1 fully saturated rings. The number of nitrogens with one attached hydrogen (secondary N) is 2. The second-order valence-electron chi connectivity index (χ2n) is 4.91. The van der Waals surface area contributed by atoms with Crippen LogP contribution in [0.25, 0.3) is 10.1 Å². The lowest BCUT2D eigenvalue weighted by atomic mass is 10.1. The summed E-state index contributed by atoms with van der Waals surface area (Å²) in [4.78, 5) is 12.8. The van der Waals surface area contributed by atoms with Gasteiger partial charge in [-0.25, -0.2) is 4.39 Å². The fraction of sp³-hybridized carbons (Fsp3) is 0.357. The number of rotatable bonds is 2. The summed E-state index contributed by atoms with van der Waals surface area (Å²) in [7, 11) is 0. The van der Waals surface area contributed by atoms with Crippen molar-refractivity contribution in [1.29, 1.82) is 0 Å². The predicted octanol–water partition coefficient (Wildman–Crippen LogP) is 3.18. The summed E-state index contributed by atoms with van der Waals surface area (Å²) in [6, 6.07) is 4.89. The Labute approximate surface area is 125 Å². The molecule has 2 N–H and O–H groups in total. The molecule has 0 aliphatic carbocycles. The zero-order valence-electron chi connectivity index (χ0n) is 10.7. The molecule has 1 aliphatic heterocycles. The van der Waals surface area contributed by atoms with Crippen LogP contribution in [0.5, 0.6) is 0 Å². The van der Waals surface area contributed by atoms with Crippen molar-refractivity contribution in [3.8, 4) is 0 Å². The van der Waals surface area contributed by atoms with Gasteiger partial charge in [0.15, 0.2) is 0 Å². The number of carbonyl (C=O) groups is 1. The first-order chi connectivity index (χ1) is 9.65. The van der Waals surface area contributed by atoms with Gasteiger partial charge in [-0.2, -0.15) is 0 Å². The summed E-state index contributed by atoms with van der Waals surface area (Å²) in [6.45, 7) is 1.80. The summed E-state index contributed by atoms with van der Waals surface area (Å²) in [6.07, 6.45) is 2.05. The highest BCUT2D eigenvalue weighted by Crippen LogP contribution is 2.33. The van der Waals surface area contributed by atoms with Crippen LogP contribution in [0.3, 0.4) is 0 Å². The molecule has 106 valence electrons. The van der Waals surface area contributed by atoms with Gasteiger partial charge in [-0.15, -0.1) is 11.3 Å². The van der Waals surface area contributed by atoms with E-state index in [0.29, 0.717) is 9.58 Å². The first kappa shape index (κ1) is 13.8. The largest absolute Gasteiger partial charge is 0.347 e. The first-order valence-corrected chi connectivity index (χ1v) is 7.74. The lowest BCUT2D eigenvalue weighted by molar-refractivity contribution is 0.0935. The monoisotopic (exact) mass is 312 g/mol. The van der Waals surface area contributed by atoms with Crippen molar-refractivity contribution in [3.63, 3.8) is 0 Å². The first-order valence-electron chi connectivity index (χ1n) is 6.54. The minimum atomic E-state index is -0.454. The molecule has 1 atom stereocenters. The van der Waals surface area contributed by atoms with Gasteiger partial charge in [0.05, 0.1) is 14.6 Å². The molecule has 3 rings (SSSR count). The molecule has 1 saturated heterocycles. The molecule has 6 heteroatoms. The van der Waals surface area contributed by atoms with Crippen LogP contribution in [0, 0.1) is 5.82 Å². The van der Waals surface area contributed by atoms with Gasteiger partial charge in [-0.3, -0.25) is 4.79 Å². The number of benzene rings is 1. The van der Waals surface area contributed by atoms with Gasteiger partial charge >= 0.3 is 0 Å². The fourth-order valence-corrected chi connectivity index (χ4v) is 3.67. The maximum atomic E-state index is 13.4. The lowest BCUT2D eigenvalue weighted by Gasteiger charge is -2.23. The van der Waals surface area contributed by atoms with Crippen LogP contribution in [-0.4, -0.2) is 25.0 Å². The van der Waals surface area contributed by atoms with E-state index in [1.807, 2.05) is 0 Å². The Morgan fingerprint density at radius 1 is 1.50 bits per heavy atom. The topological polar surface area (TPSA) is 41.1 Å². The summed E-state index contributed by atoms with van der Waals surface area (Å²) in [5.74, 6) is -0.569. The van der Waals surface area contributed by atoms with Gasteiger partial charge in [0.1, 0.15) is 5.82 Å². The number of thiophene rings is 1. The highest BCUT2D eigenvalue weighted by molar-refractivity contribution is 7.21. The molecule has 2 heterocycles. The second-order valence-corrected chi connectivity index (χ2v) is 6.34. The maximum Gasteiger partial charge on any atom is 0.261 e. The minimum Gasteiger partial charge on any atom is -0.347 e. The Balaban J connectivity index is 1.82. The van der Waals surface area contributed by atoms with Crippen molar-refractivity contribution in [2.45, 2.75) is 18.9 Å². The van der Waals surface area contributed by atoms with Crippen molar-refractivity contribution >= 4 is 38.9 Å². The molecule has 1 aliphatic rings. The minimum absolute atomic E-state index is 0.0888. The van der Waals surface area contributed by atoms with Crippen molar-refractivity contribution in [2.24, 2.45) is 0 Å². The normalized spacial score (nSPS) is 19.2. The Hall–Kier alpha value is -1.17. The van der Waals surface area contributed by atoms with E-state index >= 15 is 0 Å². The van der Waals surface area contributed by atoms with Crippen LogP contribution in [0.15, 0.2) is 18.2 Å². The van der Waals surface area contributed by atoms with Crippen molar-refractivity contribution in [2.75, 3.05) is 13.1 Å². The third kappa shape index (κ3) is 2.66. The zero-order valence-corrected chi connectivity index (χ0v) is 12.3. The van der Waals surface area contributed by atoms with E-state index in [0.717, 1.165) is 31.3 Å². The molecule has 1 aromatic heterocycles. The van der Waals surface area contributed by atoms with E-state index in [9.17, 15) is 9.18 Å². The summed E-state index contributed by atoms with van der Waals surface area (Å²) >= 11 is 7.16. The van der Waals surface area contributed by atoms with Crippen LogP contribution in [0.2, 0.25) is 5.02 Å². The van der Waals surface area contributed by atoms with Gasteiger partial charge in [0.2, 0.25) is 0 Å². The van der Waals surface area contributed by atoms with Crippen molar-refractivity contribution in [3.05, 3.63) is 33.9 Å². The van der Waals surface area contributed by atoms with E-state index in [-0.39, 0.29) is 17.0 Å². The summed E-state index contributed by atoms with van der Waals surface area (Å²) < 4.78 is 14.0. The van der Waals surface area contributed by atoms with Crippen LogP contribution in [-0.2, 0) is 0 Å². The summed E-state index contributed by atoms with van der Waals surface area (Å²) in [5, 5.41) is 7.14. The van der Waals surface area contributed by atoms with Gasteiger partial charge < -0.3 is 10.6 Å². The lowest BCUT2D eigenvalue weighted by Crippen LogP contribution is -2.45. The van der Waals surface area contributed by atoms with E-state index in [1.54, 1.807) is 12.1 Å². The molecule has 0 radical (unpaired) electrons. The van der Waals surface area contributed by atoms with E-state index in [2.05, 4.69) is 10.6 Å². The number of fused-ring (bicyclic) bond motifs is 1. The molecule has 1 aromatic carbocycles. The standard InChI is InChI=1S/C14H14ClFN2OS/c15-12-10(16)4-3-8-6-11(20-13(8)12)14(19)18-9-2-1-5-17-7-9/h3-4,6,9,17H,1-2,5,7H2,(H,18,19)/t9-/m1/s1. The Kier molecular flexibility index (Phi) is 3.92. The molecule has 20 heavy (non-hydrogen) atoms. The van der Waals surface area contributed by atoms with Gasteiger partial charge in [0.25, 0.3) is 5.91 Å². The third-order valence-electron chi connectivity index (χ3n) is 3.43. The van der Waals surface area contributed by atoms with Gasteiger partial charge in [-0.1, -0.05) is 17.7 Å². The molecule has 1 amide bonds. The number of hydrogen-bond donors (Lipinski definition) is 2. The molecular formula is C14H14ClFN2OS. The van der Waals surface area contributed by atoms with Crippen molar-refractivity contribution < 1.29 is 9.18 Å². The molecule has 2 aromatic rings. The smallest absolute Gasteiger partial charge is 0.261 e. The Morgan fingerprint density at radius 2 is 2.35 bits per heavy atom. The molecular weight excluding hydrogens is 299 g/mol. The van der Waals surface area contributed by atoms with E-state index in [1.165, 1.54) is 17.4 Å². The maximum absolute atomic E-state index is 13.4. The number of halogens is 2. The molecule has 3 nitrogen and oxygen atoms in total. The Bertz CT molecular complexity index is 652. The number of piperidine rings is 1. The molecule has 0 bridgehead atoms. The summed E-state index contributed by atoms with van der Waals surface area (Å²) in [5.41, 5.74) is 0. The molecule has 0 unspecified atom stereocenters. The SMILES string of the molecule is O=C(N[C@@H]1CCCNC1)c1cc2ccc(F)c(Cl)c2s1. The van der Waals surface area contributed by atoms with Crippen molar-refractivity contribution in [1.82, 2.24) is 10.6 Å². The van der Waals surface area contributed by atoms with Crippen LogP contribution >= 0.6 is 22.9 Å². The highest BCUT2D eigenvalue weighted by Gasteiger charge is 2.19. The van der Waals surface area contributed by atoms with E-state index in [4.69, 9.17) is 11.6 Å². The quantitative estimate of drug-likeness (QED) is 0.894. The average molecular weight is 313 g/mol. The average Bonchev–Trinajstić information content (AvgIpc) is 2.89. The second kappa shape index (κ2) is 5.68. The third-order valence-corrected chi connectivity index (χ3v) is 5.08.